The zero-order valence-corrected chi connectivity index (χ0v) is 8.03. The lowest BCUT2D eigenvalue weighted by atomic mass is 10.3. The maximum Gasteiger partial charge on any atom is 0.0920 e. The van der Waals surface area contributed by atoms with Crippen LogP contribution < -0.4 is 5.73 Å². The molecule has 0 spiro atoms. The van der Waals surface area contributed by atoms with Gasteiger partial charge in [-0.2, -0.15) is 5.10 Å². The topological polar surface area (TPSA) is 56.7 Å². The molecule has 2 aromatic heterocycles. The molecule has 2 rings (SSSR count). The molecular formula is C8H10N4S. The van der Waals surface area contributed by atoms with Crippen LogP contribution in [-0.4, -0.2) is 14.8 Å². The Morgan fingerprint density at radius 1 is 1.62 bits per heavy atom. The summed E-state index contributed by atoms with van der Waals surface area (Å²) in [6.45, 7) is 2.04. The van der Waals surface area contributed by atoms with Crippen LogP contribution in [0.5, 0.6) is 0 Å². The summed E-state index contributed by atoms with van der Waals surface area (Å²) in [7, 11) is 0. The van der Waals surface area contributed by atoms with Crippen LogP contribution in [0.15, 0.2) is 23.3 Å². The third-order valence-corrected chi connectivity index (χ3v) is 2.50. The van der Waals surface area contributed by atoms with Gasteiger partial charge in [0, 0.05) is 11.6 Å². The average molecular weight is 194 g/mol. The summed E-state index contributed by atoms with van der Waals surface area (Å²) in [5, 5.41) is 6.14. The molecular weight excluding hydrogens is 184 g/mol. The molecule has 0 bridgehead atoms. The number of nitrogens with zero attached hydrogens (tertiary/aromatic N) is 3. The van der Waals surface area contributed by atoms with Crippen LogP contribution in [-0.2, 0) is 0 Å². The summed E-state index contributed by atoms with van der Waals surface area (Å²) >= 11 is 1.59. The van der Waals surface area contributed by atoms with E-state index in [4.69, 9.17) is 5.73 Å². The van der Waals surface area contributed by atoms with E-state index < -0.39 is 0 Å². The fourth-order valence-corrected chi connectivity index (χ4v) is 1.77. The van der Waals surface area contributed by atoms with Crippen LogP contribution in [0.3, 0.4) is 0 Å². The van der Waals surface area contributed by atoms with Crippen molar-refractivity contribution in [3.63, 3.8) is 0 Å². The van der Waals surface area contributed by atoms with Gasteiger partial charge in [-0.3, -0.25) is 4.68 Å². The summed E-state index contributed by atoms with van der Waals surface area (Å²) in [4.78, 5) is 4.22. The first-order chi connectivity index (χ1) is 6.27. The first-order valence-corrected chi connectivity index (χ1v) is 4.89. The highest BCUT2D eigenvalue weighted by Gasteiger charge is 2.09. The number of thiazole rings is 1. The molecule has 13 heavy (non-hydrogen) atoms. The van der Waals surface area contributed by atoms with Gasteiger partial charge in [0.25, 0.3) is 0 Å². The molecule has 0 aromatic carbocycles. The predicted octanol–water partition coefficient (Wildman–Crippen LogP) is 1.53. The van der Waals surface area contributed by atoms with Crippen LogP contribution >= 0.6 is 11.3 Å². The number of nitrogen functional groups attached to an aromatic ring is 1. The Hall–Kier alpha value is -1.36. The second-order valence-electron chi connectivity index (χ2n) is 2.84. The van der Waals surface area contributed by atoms with Gasteiger partial charge in [-0.05, 0) is 6.92 Å². The molecule has 0 amide bonds. The predicted molar refractivity (Wildman–Crippen MR) is 52.6 cm³/mol. The largest absolute Gasteiger partial charge is 0.396 e. The van der Waals surface area contributed by atoms with E-state index in [2.05, 4.69) is 10.1 Å². The minimum atomic E-state index is 0.156. The third kappa shape index (κ3) is 1.55. The van der Waals surface area contributed by atoms with Gasteiger partial charge in [0.2, 0.25) is 0 Å². The second-order valence-corrected chi connectivity index (χ2v) is 3.56. The van der Waals surface area contributed by atoms with Crippen molar-refractivity contribution in [1.29, 1.82) is 0 Å². The van der Waals surface area contributed by atoms with E-state index in [-0.39, 0.29) is 6.04 Å². The van der Waals surface area contributed by atoms with Crippen LogP contribution in [0.2, 0.25) is 0 Å². The molecule has 0 aliphatic heterocycles. The molecule has 0 aliphatic carbocycles. The molecule has 0 saturated heterocycles. The van der Waals surface area contributed by atoms with E-state index >= 15 is 0 Å². The molecule has 0 aliphatic rings. The lowest BCUT2D eigenvalue weighted by molar-refractivity contribution is 0.554. The molecule has 1 unspecified atom stereocenters. The molecule has 4 nitrogen and oxygen atoms in total. The highest BCUT2D eigenvalue weighted by atomic mass is 32.1. The number of rotatable bonds is 2. The second kappa shape index (κ2) is 3.18. The van der Waals surface area contributed by atoms with E-state index in [1.807, 2.05) is 28.7 Å². The SMILES string of the molecule is CC(c1cscn1)n1cc(N)cn1. The van der Waals surface area contributed by atoms with Crippen molar-refractivity contribution in [2.45, 2.75) is 13.0 Å². The standard InChI is InChI=1S/C8H10N4S/c1-6(8-4-13-5-10-8)12-3-7(9)2-11-12/h2-6H,9H2,1H3. The van der Waals surface area contributed by atoms with Crippen LogP contribution in [0.25, 0.3) is 0 Å². The van der Waals surface area contributed by atoms with Gasteiger partial charge in [-0.25, -0.2) is 4.98 Å². The van der Waals surface area contributed by atoms with Crippen molar-refractivity contribution < 1.29 is 0 Å². The van der Waals surface area contributed by atoms with Crippen LogP contribution in [0.4, 0.5) is 5.69 Å². The first-order valence-electron chi connectivity index (χ1n) is 3.95. The maximum atomic E-state index is 5.57. The van der Waals surface area contributed by atoms with Gasteiger partial charge < -0.3 is 5.73 Å². The third-order valence-electron chi connectivity index (χ3n) is 1.90. The summed E-state index contributed by atoms with van der Waals surface area (Å²) < 4.78 is 1.81. The van der Waals surface area contributed by atoms with Crippen molar-refractivity contribution in [1.82, 2.24) is 14.8 Å². The van der Waals surface area contributed by atoms with Gasteiger partial charge >= 0.3 is 0 Å². The lowest BCUT2D eigenvalue weighted by Crippen LogP contribution is -2.07. The smallest absolute Gasteiger partial charge is 0.0920 e. The van der Waals surface area contributed by atoms with Crippen molar-refractivity contribution in [2.24, 2.45) is 0 Å². The molecule has 0 fully saturated rings. The van der Waals surface area contributed by atoms with Gasteiger partial charge in [0.15, 0.2) is 0 Å². The summed E-state index contributed by atoms with van der Waals surface area (Å²) in [5.74, 6) is 0. The van der Waals surface area contributed by atoms with Crippen molar-refractivity contribution in [2.75, 3.05) is 5.73 Å². The van der Waals surface area contributed by atoms with Gasteiger partial charge in [-0.1, -0.05) is 0 Å². The number of aromatic nitrogens is 3. The Bertz CT molecular complexity index is 379. The number of hydrogen-bond acceptors (Lipinski definition) is 4. The summed E-state index contributed by atoms with van der Waals surface area (Å²) in [5.41, 5.74) is 9.09. The normalized spacial score (nSPS) is 13.0. The Balaban J connectivity index is 2.28. The van der Waals surface area contributed by atoms with Gasteiger partial charge in [0.05, 0.1) is 29.1 Å². The average Bonchev–Trinajstić information content (AvgIpc) is 2.72. The molecule has 2 N–H and O–H groups in total. The summed E-state index contributed by atoms with van der Waals surface area (Å²) in [6, 6.07) is 0.156. The molecule has 0 saturated carbocycles. The van der Waals surface area contributed by atoms with E-state index in [0.29, 0.717) is 5.69 Å². The minimum absolute atomic E-state index is 0.156. The van der Waals surface area contributed by atoms with E-state index in [0.717, 1.165) is 5.69 Å². The minimum Gasteiger partial charge on any atom is -0.396 e. The highest BCUT2D eigenvalue weighted by Crippen LogP contribution is 2.17. The fraction of sp³-hybridized carbons (Fsp3) is 0.250. The Morgan fingerprint density at radius 3 is 3.00 bits per heavy atom. The molecule has 68 valence electrons. The fourth-order valence-electron chi connectivity index (χ4n) is 1.13. The van der Waals surface area contributed by atoms with Crippen molar-refractivity contribution in [3.8, 4) is 0 Å². The van der Waals surface area contributed by atoms with Gasteiger partial charge in [0.1, 0.15) is 0 Å². The summed E-state index contributed by atoms with van der Waals surface area (Å²) in [6.07, 6.45) is 3.45. The van der Waals surface area contributed by atoms with E-state index in [9.17, 15) is 0 Å². The monoisotopic (exact) mass is 194 g/mol. The zero-order valence-electron chi connectivity index (χ0n) is 7.21. The maximum absolute atomic E-state index is 5.57. The quantitative estimate of drug-likeness (QED) is 0.788. The molecule has 0 radical (unpaired) electrons. The number of hydrogen-bond donors (Lipinski definition) is 1. The zero-order chi connectivity index (χ0) is 9.26. The van der Waals surface area contributed by atoms with Crippen LogP contribution in [0.1, 0.15) is 18.7 Å². The van der Waals surface area contributed by atoms with E-state index in [1.54, 1.807) is 17.5 Å². The van der Waals surface area contributed by atoms with Crippen molar-refractivity contribution in [3.05, 3.63) is 29.0 Å². The Morgan fingerprint density at radius 2 is 2.46 bits per heavy atom. The van der Waals surface area contributed by atoms with Crippen molar-refractivity contribution >= 4 is 17.0 Å². The number of anilines is 1. The number of nitrogens with two attached hydrogens (primary N) is 1. The lowest BCUT2D eigenvalue weighted by Gasteiger charge is -2.07. The first kappa shape index (κ1) is 8.25. The molecule has 5 heteroatoms. The molecule has 2 heterocycles. The Kier molecular flexibility index (Phi) is 2.02. The molecule has 2 aromatic rings. The highest BCUT2D eigenvalue weighted by molar-refractivity contribution is 7.07. The van der Waals surface area contributed by atoms with Gasteiger partial charge in [-0.15, -0.1) is 11.3 Å². The van der Waals surface area contributed by atoms with E-state index in [1.165, 1.54) is 0 Å². The van der Waals surface area contributed by atoms with Crippen LogP contribution in [0, 0.1) is 0 Å². The Labute approximate surface area is 80.0 Å². The molecule has 1 atom stereocenters.